The third kappa shape index (κ3) is 4.70. The van der Waals surface area contributed by atoms with E-state index < -0.39 is 18.0 Å². The number of aromatic nitrogens is 2. The minimum Gasteiger partial charge on any atom is -0.449 e. The minimum atomic E-state index is -1.00. The number of nitrogens with zero attached hydrogens (tertiary/aromatic N) is 2. The number of carbonyl (C=O) groups is 2. The first-order valence-corrected chi connectivity index (χ1v) is 9.96. The van der Waals surface area contributed by atoms with Crippen molar-refractivity contribution in [3.05, 3.63) is 89.7 Å². The van der Waals surface area contributed by atoms with Crippen LogP contribution in [0.2, 0.25) is 5.02 Å². The van der Waals surface area contributed by atoms with E-state index in [1.54, 1.807) is 48.8 Å². The van der Waals surface area contributed by atoms with Crippen molar-refractivity contribution in [1.29, 1.82) is 0 Å². The van der Waals surface area contributed by atoms with Crippen LogP contribution in [0.15, 0.2) is 79.1 Å². The van der Waals surface area contributed by atoms with Crippen molar-refractivity contribution in [2.75, 3.05) is 5.32 Å². The number of carbonyl (C=O) groups excluding carboxylic acids is 2. The Balaban J connectivity index is 1.59. The largest absolute Gasteiger partial charge is 0.449 e. The lowest BCUT2D eigenvalue weighted by molar-refractivity contribution is -0.123. The molecule has 1 amide bonds. The van der Waals surface area contributed by atoms with Crippen molar-refractivity contribution in [2.24, 2.45) is 0 Å². The van der Waals surface area contributed by atoms with Crippen molar-refractivity contribution in [3.63, 3.8) is 0 Å². The van der Waals surface area contributed by atoms with Gasteiger partial charge in [0.25, 0.3) is 5.91 Å². The molecule has 0 aliphatic rings. The van der Waals surface area contributed by atoms with E-state index in [1.807, 2.05) is 30.3 Å². The number of para-hydroxylation sites is 1. The van der Waals surface area contributed by atoms with Crippen LogP contribution in [0.4, 0.5) is 5.69 Å². The lowest BCUT2D eigenvalue weighted by Crippen LogP contribution is -2.30. The number of esters is 1. The molecule has 31 heavy (non-hydrogen) atoms. The highest BCUT2D eigenvalue weighted by molar-refractivity contribution is 6.30. The fraction of sp³-hybridized carbons (Fsp3) is 0.0833. The molecule has 0 saturated heterocycles. The van der Waals surface area contributed by atoms with Gasteiger partial charge in [-0.25, -0.2) is 9.78 Å². The Labute approximate surface area is 183 Å². The van der Waals surface area contributed by atoms with E-state index >= 15 is 0 Å². The van der Waals surface area contributed by atoms with Gasteiger partial charge in [-0.05, 0) is 55.5 Å². The second kappa shape index (κ2) is 8.93. The van der Waals surface area contributed by atoms with Crippen LogP contribution in [0, 0.1) is 0 Å². The van der Waals surface area contributed by atoms with E-state index in [0.29, 0.717) is 32.9 Å². The number of hydrogen-bond donors (Lipinski definition) is 1. The molecule has 0 aliphatic heterocycles. The molecule has 154 valence electrons. The van der Waals surface area contributed by atoms with Gasteiger partial charge in [0.1, 0.15) is 0 Å². The number of nitrogens with one attached hydrogen (secondary N) is 1. The number of benzene rings is 2. The second-order valence-electron chi connectivity index (χ2n) is 6.85. The molecule has 2 aromatic heterocycles. The zero-order valence-electron chi connectivity index (χ0n) is 16.6. The maximum Gasteiger partial charge on any atom is 0.339 e. The number of ether oxygens (including phenoxy) is 1. The summed E-state index contributed by atoms with van der Waals surface area (Å²) in [5.74, 6) is -1.05. The normalized spacial score (nSPS) is 11.7. The SMILES string of the molecule is CC(OC(=O)c1cc(-c2ccncc2)nc2ccccc12)C(=O)Nc1ccc(Cl)cc1. The summed E-state index contributed by atoms with van der Waals surface area (Å²) in [7, 11) is 0. The summed E-state index contributed by atoms with van der Waals surface area (Å²) in [5.41, 5.74) is 2.99. The van der Waals surface area contributed by atoms with E-state index in [2.05, 4.69) is 15.3 Å². The van der Waals surface area contributed by atoms with Crippen LogP contribution in [0.5, 0.6) is 0 Å². The van der Waals surface area contributed by atoms with E-state index in [-0.39, 0.29) is 0 Å². The molecular formula is C24H18ClN3O3. The second-order valence-corrected chi connectivity index (χ2v) is 7.29. The standard InChI is InChI=1S/C24H18ClN3O3/c1-15(23(29)27-18-8-6-17(25)7-9-18)31-24(30)20-14-22(16-10-12-26-13-11-16)28-21-5-3-2-4-19(20)21/h2-15H,1H3,(H,27,29). The fourth-order valence-corrected chi connectivity index (χ4v) is 3.20. The molecule has 4 aromatic rings. The zero-order chi connectivity index (χ0) is 21.8. The van der Waals surface area contributed by atoms with Crippen LogP contribution in [-0.2, 0) is 9.53 Å². The molecule has 1 unspecified atom stereocenters. The van der Waals surface area contributed by atoms with Gasteiger partial charge in [-0.15, -0.1) is 0 Å². The van der Waals surface area contributed by atoms with Gasteiger partial charge in [0.05, 0.1) is 16.8 Å². The van der Waals surface area contributed by atoms with Gasteiger partial charge in [-0.3, -0.25) is 9.78 Å². The van der Waals surface area contributed by atoms with Gasteiger partial charge in [-0.2, -0.15) is 0 Å². The fourth-order valence-electron chi connectivity index (χ4n) is 3.07. The number of halogens is 1. The van der Waals surface area contributed by atoms with E-state index in [9.17, 15) is 9.59 Å². The predicted molar refractivity (Wildman–Crippen MR) is 120 cm³/mol. The van der Waals surface area contributed by atoms with Crippen LogP contribution in [0.25, 0.3) is 22.2 Å². The molecule has 0 bridgehead atoms. The molecule has 2 aromatic carbocycles. The van der Waals surface area contributed by atoms with E-state index in [0.717, 1.165) is 5.56 Å². The first kappa shape index (κ1) is 20.5. The number of anilines is 1. The van der Waals surface area contributed by atoms with Crippen molar-refractivity contribution in [3.8, 4) is 11.3 Å². The summed E-state index contributed by atoms with van der Waals surface area (Å²) in [5, 5.41) is 3.92. The van der Waals surface area contributed by atoms with E-state index in [1.165, 1.54) is 6.92 Å². The molecule has 2 heterocycles. The highest BCUT2D eigenvalue weighted by Gasteiger charge is 2.21. The molecule has 0 saturated carbocycles. The monoisotopic (exact) mass is 431 g/mol. The highest BCUT2D eigenvalue weighted by atomic mass is 35.5. The summed E-state index contributed by atoms with van der Waals surface area (Å²) in [6.45, 7) is 1.52. The Kier molecular flexibility index (Phi) is 5.91. The smallest absolute Gasteiger partial charge is 0.339 e. The van der Waals surface area contributed by atoms with Crippen molar-refractivity contribution >= 4 is 40.1 Å². The lowest BCUT2D eigenvalue weighted by atomic mass is 10.0. The number of rotatable bonds is 5. The molecule has 0 radical (unpaired) electrons. The number of hydrogen-bond acceptors (Lipinski definition) is 5. The quantitative estimate of drug-likeness (QED) is 0.443. The van der Waals surface area contributed by atoms with Crippen molar-refractivity contribution < 1.29 is 14.3 Å². The lowest BCUT2D eigenvalue weighted by Gasteiger charge is -2.15. The maximum atomic E-state index is 13.0. The Morgan fingerprint density at radius 2 is 1.71 bits per heavy atom. The summed E-state index contributed by atoms with van der Waals surface area (Å²) in [4.78, 5) is 34.1. The van der Waals surface area contributed by atoms with Gasteiger partial charge < -0.3 is 10.1 Å². The summed E-state index contributed by atoms with van der Waals surface area (Å²) in [6.07, 6.45) is 2.32. The van der Waals surface area contributed by atoms with Crippen LogP contribution in [0.1, 0.15) is 17.3 Å². The number of fused-ring (bicyclic) bond motifs is 1. The zero-order valence-corrected chi connectivity index (χ0v) is 17.3. The average molecular weight is 432 g/mol. The Bertz CT molecular complexity index is 1240. The molecule has 4 rings (SSSR count). The van der Waals surface area contributed by atoms with Crippen LogP contribution >= 0.6 is 11.6 Å². The molecular weight excluding hydrogens is 414 g/mol. The van der Waals surface area contributed by atoms with Gasteiger partial charge in [0.2, 0.25) is 0 Å². The Hall–Kier alpha value is -3.77. The highest BCUT2D eigenvalue weighted by Crippen LogP contribution is 2.25. The molecule has 0 fully saturated rings. The molecule has 7 heteroatoms. The van der Waals surface area contributed by atoms with Gasteiger partial charge in [0, 0.05) is 34.1 Å². The topological polar surface area (TPSA) is 81.2 Å². The van der Waals surface area contributed by atoms with Crippen LogP contribution < -0.4 is 5.32 Å². The minimum absolute atomic E-state index is 0.337. The molecule has 0 aliphatic carbocycles. The average Bonchev–Trinajstić information content (AvgIpc) is 2.80. The van der Waals surface area contributed by atoms with Gasteiger partial charge >= 0.3 is 5.97 Å². The number of pyridine rings is 2. The number of amides is 1. The van der Waals surface area contributed by atoms with Gasteiger partial charge in [0.15, 0.2) is 6.10 Å². The third-order valence-corrected chi connectivity index (χ3v) is 4.93. The first-order valence-electron chi connectivity index (χ1n) is 9.59. The first-order chi connectivity index (χ1) is 15.0. The Morgan fingerprint density at radius 1 is 1.00 bits per heavy atom. The van der Waals surface area contributed by atoms with Gasteiger partial charge in [-0.1, -0.05) is 29.8 Å². The van der Waals surface area contributed by atoms with Crippen molar-refractivity contribution in [1.82, 2.24) is 9.97 Å². The maximum absolute atomic E-state index is 13.0. The Morgan fingerprint density at radius 3 is 2.45 bits per heavy atom. The molecule has 0 spiro atoms. The van der Waals surface area contributed by atoms with Crippen molar-refractivity contribution in [2.45, 2.75) is 13.0 Å². The van der Waals surface area contributed by atoms with Crippen LogP contribution in [-0.4, -0.2) is 27.9 Å². The summed E-state index contributed by atoms with van der Waals surface area (Å²) >= 11 is 5.86. The summed E-state index contributed by atoms with van der Waals surface area (Å²) < 4.78 is 5.48. The third-order valence-electron chi connectivity index (χ3n) is 4.68. The molecule has 1 N–H and O–H groups in total. The van der Waals surface area contributed by atoms with Crippen LogP contribution in [0.3, 0.4) is 0 Å². The molecule has 1 atom stereocenters. The molecule has 6 nitrogen and oxygen atoms in total. The predicted octanol–water partition coefficient (Wildman–Crippen LogP) is 5.13. The summed E-state index contributed by atoms with van der Waals surface area (Å²) in [6, 6.07) is 19.3. The van der Waals surface area contributed by atoms with E-state index in [4.69, 9.17) is 16.3 Å².